The van der Waals surface area contributed by atoms with Gasteiger partial charge in [-0.2, -0.15) is 0 Å². The maximum atomic E-state index is 4.36. The van der Waals surface area contributed by atoms with Gasteiger partial charge in [-0.25, -0.2) is 0 Å². The second-order valence-electron chi connectivity index (χ2n) is 4.01. The summed E-state index contributed by atoms with van der Waals surface area (Å²) in [7, 11) is 0. The van der Waals surface area contributed by atoms with Crippen LogP contribution in [0.4, 0.5) is 0 Å². The molecule has 2 heterocycles. The van der Waals surface area contributed by atoms with Crippen LogP contribution in [0.2, 0.25) is 0 Å². The topological polar surface area (TPSA) is 25.8 Å². The van der Waals surface area contributed by atoms with Crippen molar-refractivity contribution >= 4 is 0 Å². The Morgan fingerprint density at radius 1 is 0.579 bits per heavy atom. The molecule has 2 nitrogen and oxygen atoms in total. The molecule has 0 bridgehead atoms. The Balaban J connectivity index is 0.00000133. The molecule has 0 saturated heterocycles. The van der Waals surface area contributed by atoms with Crippen molar-refractivity contribution in [2.45, 2.75) is 0 Å². The van der Waals surface area contributed by atoms with Crippen molar-refractivity contribution in [3.63, 3.8) is 0 Å². The number of nitrogens with zero attached hydrogens (tertiary/aromatic N) is 2. The summed E-state index contributed by atoms with van der Waals surface area (Å²) in [5.41, 5.74) is 4.18. The minimum atomic E-state index is 0. The van der Waals surface area contributed by atoms with Gasteiger partial charge < -0.3 is 0 Å². The molecule has 0 atom stereocenters. The van der Waals surface area contributed by atoms with E-state index in [1.807, 2.05) is 54.9 Å². The Morgan fingerprint density at radius 2 is 1.11 bits per heavy atom. The largest absolute Gasteiger partial charge is 2.00 e. The molecule has 0 unspecified atom stereocenters. The molecule has 0 N–H and O–H groups in total. The predicted molar refractivity (Wildman–Crippen MR) is 72.9 cm³/mol. The summed E-state index contributed by atoms with van der Waals surface area (Å²) in [4.78, 5) is 8.73. The van der Waals surface area contributed by atoms with Crippen molar-refractivity contribution in [3.8, 4) is 22.5 Å². The summed E-state index contributed by atoms with van der Waals surface area (Å²) in [6, 6.07) is 20.1. The monoisotopic (exact) mass is 427 g/mol. The van der Waals surface area contributed by atoms with Gasteiger partial charge in [-0.05, 0) is 30.3 Å². The fraction of sp³-hybridized carbons (Fsp3) is 0. The predicted octanol–water partition coefficient (Wildman–Crippen LogP) is 3.81. The summed E-state index contributed by atoms with van der Waals surface area (Å²) in [5.74, 6) is 0. The Labute approximate surface area is 126 Å². The SMILES string of the molecule is [Pt+2].c1ccc(-c2cccc(-c3ccccn3)c2)nc1. The number of benzene rings is 1. The van der Waals surface area contributed by atoms with Crippen LogP contribution in [-0.4, -0.2) is 9.97 Å². The smallest absolute Gasteiger partial charge is 0.256 e. The van der Waals surface area contributed by atoms with E-state index in [-0.39, 0.29) is 21.1 Å². The molecule has 2 aromatic heterocycles. The van der Waals surface area contributed by atoms with E-state index in [9.17, 15) is 0 Å². The molecule has 0 radical (unpaired) electrons. The van der Waals surface area contributed by atoms with Crippen LogP contribution in [0.25, 0.3) is 22.5 Å². The van der Waals surface area contributed by atoms with E-state index in [0.717, 1.165) is 22.5 Å². The van der Waals surface area contributed by atoms with E-state index in [2.05, 4.69) is 28.2 Å². The molecule has 0 fully saturated rings. The van der Waals surface area contributed by atoms with Gasteiger partial charge in [0.1, 0.15) is 0 Å². The fourth-order valence-corrected chi connectivity index (χ4v) is 1.90. The van der Waals surface area contributed by atoms with Crippen LogP contribution in [0.3, 0.4) is 0 Å². The van der Waals surface area contributed by atoms with Crippen molar-refractivity contribution in [2.75, 3.05) is 0 Å². The normalized spacial score (nSPS) is 9.68. The first-order valence-corrected chi connectivity index (χ1v) is 5.86. The van der Waals surface area contributed by atoms with Crippen molar-refractivity contribution in [3.05, 3.63) is 73.1 Å². The average Bonchev–Trinajstić information content (AvgIpc) is 2.49. The molecule has 0 aliphatic rings. The molecule has 3 aromatic rings. The van der Waals surface area contributed by atoms with Crippen LogP contribution < -0.4 is 0 Å². The second-order valence-corrected chi connectivity index (χ2v) is 4.01. The zero-order valence-corrected chi connectivity index (χ0v) is 12.4. The number of pyridine rings is 2. The molecule has 0 saturated carbocycles. The maximum absolute atomic E-state index is 4.36. The van der Waals surface area contributed by atoms with Crippen LogP contribution in [0.15, 0.2) is 73.1 Å². The Bertz CT molecular complexity index is 584. The van der Waals surface area contributed by atoms with Crippen LogP contribution in [0.1, 0.15) is 0 Å². The first kappa shape index (κ1) is 13.6. The minimum absolute atomic E-state index is 0. The summed E-state index contributed by atoms with van der Waals surface area (Å²) in [6.07, 6.45) is 3.62. The van der Waals surface area contributed by atoms with Gasteiger partial charge in [-0.3, -0.25) is 9.97 Å². The summed E-state index contributed by atoms with van der Waals surface area (Å²) >= 11 is 0. The van der Waals surface area contributed by atoms with Crippen molar-refractivity contribution in [1.29, 1.82) is 0 Å². The van der Waals surface area contributed by atoms with E-state index in [4.69, 9.17) is 0 Å². The molecular formula is C16H12N2Pt+2. The van der Waals surface area contributed by atoms with Gasteiger partial charge in [0.05, 0.1) is 11.4 Å². The minimum Gasteiger partial charge on any atom is -0.256 e. The zero-order chi connectivity index (χ0) is 12.2. The standard InChI is InChI=1S/C16H12N2.Pt/c1-3-10-17-15(8-1)13-6-5-7-14(12-13)16-9-2-4-11-18-16;/h1-12H;/q;+2. The third kappa shape index (κ3) is 3.15. The molecule has 0 amide bonds. The van der Waals surface area contributed by atoms with Gasteiger partial charge >= 0.3 is 21.1 Å². The average molecular weight is 427 g/mol. The molecule has 0 aliphatic carbocycles. The van der Waals surface area contributed by atoms with E-state index >= 15 is 0 Å². The number of hydrogen-bond donors (Lipinski definition) is 0. The number of hydrogen-bond acceptors (Lipinski definition) is 2. The molecular weight excluding hydrogens is 415 g/mol. The molecule has 1 aromatic carbocycles. The molecule has 3 heteroatoms. The van der Waals surface area contributed by atoms with E-state index < -0.39 is 0 Å². The van der Waals surface area contributed by atoms with E-state index in [0.29, 0.717) is 0 Å². The number of rotatable bonds is 2. The second kappa shape index (κ2) is 6.40. The summed E-state index contributed by atoms with van der Waals surface area (Å²) in [5, 5.41) is 0. The third-order valence-corrected chi connectivity index (χ3v) is 2.78. The zero-order valence-electron chi connectivity index (χ0n) is 10.1. The van der Waals surface area contributed by atoms with Crippen molar-refractivity contribution in [2.24, 2.45) is 0 Å². The molecule has 19 heavy (non-hydrogen) atoms. The summed E-state index contributed by atoms with van der Waals surface area (Å²) in [6.45, 7) is 0. The first-order chi connectivity index (χ1) is 8.93. The van der Waals surface area contributed by atoms with E-state index in [1.54, 1.807) is 0 Å². The van der Waals surface area contributed by atoms with E-state index in [1.165, 1.54) is 0 Å². The van der Waals surface area contributed by atoms with Crippen LogP contribution in [0, 0.1) is 0 Å². The summed E-state index contributed by atoms with van der Waals surface area (Å²) < 4.78 is 0. The van der Waals surface area contributed by atoms with Crippen LogP contribution in [-0.2, 0) is 21.1 Å². The van der Waals surface area contributed by atoms with Gasteiger partial charge in [-0.15, -0.1) is 0 Å². The van der Waals surface area contributed by atoms with Gasteiger partial charge in [0, 0.05) is 23.5 Å². The van der Waals surface area contributed by atoms with Crippen LogP contribution in [0.5, 0.6) is 0 Å². The third-order valence-electron chi connectivity index (χ3n) is 2.78. The molecule has 94 valence electrons. The Hall–Kier alpha value is -1.79. The molecule has 0 aliphatic heterocycles. The Kier molecular flexibility index (Phi) is 4.59. The van der Waals surface area contributed by atoms with Gasteiger partial charge in [0.2, 0.25) is 0 Å². The fourth-order valence-electron chi connectivity index (χ4n) is 1.90. The first-order valence-electron chi connectivity index (χ1n) is 5.86. The number of aromatic nitrogens is 2. The molecule has 3 rings (SSSR count). The Morgan fingerprint density at radius 3 is 1.53 bits per heavy atom. The molecule has 0 spiro atoms. The van der Waals surface area contributed by atoms with Crippen molar-refractivity contribution in [1.82, 2.24) is 9.97 Å². The van der Waals surface area contributed by atoms with Gasteiger partial charge in [0.25, 0.3) is 0 Å². The van der Waals surface area contributed by atoms with Crippen LogP contribution >= 0.6 is 0 Å². The quantitative estimate of drug-likeness (QED) is 0.622. The van der Waals surface area contributed by atoms with Gasteiger partial charge in [-0.1, -0.05) is 30.3 Å². The maximum Gasteiger partial charge on any atom is 2.00 e. The van der Waals surface area contributed by atoms with Crippen molar-refractivity contribution < 1.29 is 21.1 Å². The van der Waals surface area contributed by atoms with Gasteiger partial charge in [0.15, 0.2) is 0 Å².